The molecule has 0 aliphatic carbocycles. The molecule has 0 saturated carbocycles. The summed E-state index contributed by atoms with van der Waals surface area (Å²) in [6.45, 7) is 3.47. The Hall–Kier alpha value is -2.40. The maximum atomic E-state index is 12.0. The normalized spacial score (nSPS) is 13.8. The number of carbonyl (C=O) groups is 1. The molecule has 2 N–H and O–H groups in total. The highest BCUT2D eigenvalue weighted by Gasteiger charge is 2.16. The molecule has 1 aromatic heterocycles. The molecule has 2 heterocycles. The molecule has 0 bridgehead atoms. The van der Waals surface area contributed by atoms with Gasteiger partial charge in [0.1, 0.15) is 0 Å². The zero-order valence-electron chi connectivity index (χ0n) is 11.1. The van der Waals surface area contributed by atoms with Gasteiger partial charge in [-0.25, -0.2) is 4.98 Å². The molecular weight excluding hydrogens is 254 g/mol. The third-order valence-electron chi connectivity index (χ3n) is 3.41. The van der Waals surface area contributed by atoms with Crippen LogP contribution < -0.4 is 10.6 Å². The van der Waals surface area contributed by atoms with Crippen molar-refractivity contribution in [3.8, 4) is 11.3 Å². The third kappa shape index (κ3) is 2.48. The van der Waals surface area contributed by atoms with E-state index in [9.17, 15) is 4.79 Å². The van der Waals surface area contributed by atoms with Crippen LogP contribution in [0.4, 0.5) is 5.69 Å². The molecule has 5 heteroatoms. The Labute approximate surface area is 116 Å². The number of benzene rings is 1. The number of anilines is 1. The first-order chi connectivity index (χ1) is 9.74. The van der Waals surface area contributed by atoms with E-state index in [0.29, 0.717) is 5.76 Å². The van der Waals surface area contributed by atoms with Crippen LogP contribution in [0.25, 0.3) is 11.3 Å². The molecule has 102 valence electrons. The van der Waals surface area contributed by atoms with E-state index < -0.39 is 0 Å². The van der Waals surface area contributed by atoms with Crippen LogP contribution in [0, 0.1) is 0 Å². The summed E-state index contributed by atoms with van der Waals surface area (Å²) in [6.07, 6.45) is 3.05. The number of rotatable bonds is 3. The number of hydrogen-bond donors (Lipinski definition) is 2. The lowest BCUT2D eigenvalue weighted by Crippen LogP contribution is -2.36. The molecular formula is C15H15N3O2. The molecule has 0 atom stereocenters. The van der Waals surface area contributed by atoms with Crippen molar-refractivity contribution in [2.75, 3.05) is 18.4 Å². The number of aromatic nitrogens is 1. The number of amides is 1. The summed E-state index contributed by atoms with van der Waals surface area (Å²) in [5.74, 6) is 0.663. The molecule has 1 aliphatic rings. The summed E-state index contributed by atoms with van der Waals surface area (Å²) < 4.78 is 5.22. The lowest BCUT2D eigenvalue weighted by molar-refractivity contribution is -0.112. The molecule has 5 nitrogen and oxygen atoms in total. The fraction of sp³-hybridized carbons (Fsp3) is 0.200. The van der Waals surface area contributed by atoms with Gasteiger partial charge in [0.15, 0.2) is 12.2 Å². The number of nitrogens with one attached hydrogen (secondary N) is 2. The van der Waals surface area contributed by atoms with E-state index in [1.807, 2.05) is 31.2 Å². The monoisotopic (exact) mass is 269 g/mol. The van der Waals surface area contributed by atoms with Gasteiger partial charge in [-0.1, -0.05) is 0 Å². The molecule has 1 aromatic carbocycles. The Morgan fingerprint density at radius 1 is 1.30 bits per heavy atom. The minimum absolute atomic E-state index is 0.0473. The van der Waals surface area contributed by atoms with Gasteiger partial charge < -0.3 is 15.1 Å². The highest BCUT2D eigenvalue weighted by Crippen LogP contribution is 2.21. The number of nitrogens with zero attached hydrogens (tertiary/aromatic N) is 1. The lowest BCUT2D eigenvalue weighted by Gasteiger charge is -2.21. The summed E-state index contributed by atoms with van der Waals surface area (Å²) in [4.78, 5) is 15.9. The Kier molecular flexibility index (Phi) is 3.35. The Morgan fingerprint density at radius 2 is 2.05 bits per heavy atom. The lowest BCUT2D eigenvalue weighted by atomic mass is 10.0. The fourth-order valence-electron chi connectivity index (χ4n) is 1.98. The number of oxazole rings is 1. The molecule has 1 fully saturated rings. The largest absolute Gasteiger partial charge is 0.444 e. The van der Waals surface area contributed by atoms with Gasteiger partial charge in [-0.15, -0.1) is 0 Å². The molecule has 0 spiro atoms. The van der Waals surface area contributed by atoms with Crippen LogP contribution in [-0.2, 0) is 4.79 Å². The quantitative estimate of drug-likeness (QED) is 0.838. The average Bonchev–Trinajstić information content (AvgIpc) is 2.91. The highest BCUT2D eigenvalue weighted by molar-refractivity contribution is 6.04. The standard InChI is InChI=1S/C15H15N3O2/c1-10(12-6-16-7-12)15(19)18-13-4-2-11(3-5-13)14-8-17-9-20-14/h2-5,8-9,16H,6-7H2,1H3,(H,18,19). The van der Waals surface area contributed by atoms with Crippen LogP contribution in [0.5, 0.6) is 0 Å². The Balaban J connectivity index is 1.71. The average molecular weight is 269 g/mol. The summed E-state index contributed by atoms with van der Waals surface area (Å²) >= 11 is 0. The van der Waals surface area contributed by atoms with E-state index in [2.05, 4.69) is 15.6 Å². The fourth-order valence-corrected chi connectivity index (χ4v) is 1.98. The van der Waals surface area contributed by atoms with Crippen LogP contribution in [-0.4, -0.2) is 24.0 Å². The molecule has 1 saturated heterocycles. The van der Waals surface area contributed by atoms with E-state index in [-0.39, 0.29) is 5.91 Å². The van der Waals surface area contributed by atoms with E-state index in [1.165, 1.54) is 12.0 Å². The molecule has 1 amide bonds. The third-order valence-corrected chi connectivity index (χ3v) is 3.41. The van der Waals surface area contributed by atoms with Crippen molar-refractivity contribution in [3.05, 3.63) is 48.0 Å². The maximum absolute atomic E-state index is 12.0. The van der Waals surface area contributed by atoms with Crippen molar-refractivity contribution < 1.29 is 9.21 Å². The van der Waals surface area contributed by atoms with Crippen LogP contribution >= 0.6 is 0 Å². The van der Waals surface area contributed by atoms with Crippen molar-refractivity contribution in [2.24, 2.45) is 0 Å². The molecule has 2 aromatic rings. The van der Waals surface area contributed by atoms with E-state index >= 15 is 0 Å². The van der Waals surface area contributed by atoms with Crippen molar-refractivity contribution in [1.29, 1.82) is 0 Å². The van der Waals surface area contributed by atoms with Crippen molar-refractivity contribution in [2.45, 2.75) is 6.92 Å². The van der Waals surface area contributed by atoms with Gasteiger partial charge in [0.2, 0.25) is 0 Å². The first-order valence-corrected chi connectivity index (χ1v) is 6.43. The van der Waals surface area contributed by atoms with E-state index in [4.69, 9.17) is 4.42 Å². The zero-order chi connectivity index (χ0) is 13.9. The predicted molar refractivity (Wildman–Crippen MR) is 76.1 cm³/mol. The van der Waals surface area contributed by atoms with Gasteiger partial charge in [-0.3, -0.25) is 4.79 Å². The van der Waals surface area contributed by atoms with Crippen molar-refractivity contribution in [3.63, 3.8) is 0 Å². The molecule has 20 heavy (non-hydrogen) atoms. The number of hydrogen-bond acceptors (Lipinski definition) is 4. The topological polar surface area (TPSA) is 67.2 Å². The first kappa shape index (κ1) is 12.6. The van der Waals surface area contributed by atoms with E-state index in [0.717, 1.165) is 29.9 Å². The zero-order valence-corrected chi connectivity index (χ0v) is 11.1. The van der Waals surface area contributed by atoms with E-state index in [1.54, 1.807) is 6.20 Å². The Morgan fingerprint density at radius 3 is 2.60 bits per heavy atom. The maximum Gasteiger partial charge on any atom is 0.251 e. The number of carbonyl (C=O) groups excluding carboxylic acids is 1. The second-order valence-electron chi connectivity index (χ2n) is 4.73. The van der Waals surface area contributed by atoms with Crippen LogP contribution in [0.1, 0.15) is 6.92 Å². The van der Waals surface area contributed by atoms with Crippen molar-refractivity contribution >= 4 is 11.6 Å². The molecule has 3 rings (SSSR count). The minimum Gasteiger partial charge on any atom is -0.444 e. The van der Waals surface area contributed by atoms with Gasteiger partial charge in [-0.05, 0) is 36.8 Å². The van der Waals surface area contributed by atoms with Crippen molar-refractivity contribution in [1.82, 2.24) is 10.3 Å². The molecule has 0 radical (unpaired) electrons. The second kappa shape index (κ2) is 5.30. The van der Waals surface area contributed by atoms with Gasteiger partial charge in [0.05, 0.1) is 6.20 Å². The summed E-state index contributed by atoms with van der Waals surface area (Å²) in [5, 5.41) is 6.02. The predicted octanol–water partition coefficient (Wildman–Crippen LogP) is 2.20. The summed E-state index contributed by atoms with van der Waals surface area (Å²) in [7, 11) is 0. The van der Waals surface area contributed by atoms with Gasteiger partial charge in [-0.2, -0.15) is 0 Å². The summed E-state index contributed by atoms with van der Waals surface area (Å²) in [6, 6.07) is 7.49. The van der Waals surface area contributed by atoms with Crippen LogP contribution in [0.15, 0.2) is 52.4 Å². The minimum atomic E-state index is -0.0473. The molecule has 1 aliphatic heterocycles. The van der Waals surface area contributed by atoms with Crippen LogP contribution in [0.3, 0.4) is 0 Å². The van der Waals surface area contributed by atoms with Crippen LogP contribution in [0.2, 0.25) is 0 Å². The van der Waals surface area contributed by atoms with Gasteiger partial charge in [0.25, 0.3) is 5.91 Å². The summed E-state index contributed by atoms with van der Waals surface area (Å²) in [5.41, 5.74) is 3.66. The first-order valence-electron chi connectivity index (χ1n) is 6.43. The van der Waals surface area contributed by atoms with Gasteiger partial charge in [0, 0.05) is 29.9 Å². The smallest absolute Gasteiger partial charge is 0.251 e. The highest BCUT2D eigenvalue weighted by atomic mass is 16.3. The SMILES string of the molecule is CC(C(=O)Nc1ccc(-c2cnco2)cc1)=C1CNC1. The Bertz CT molecular complexity index is 636. The second-order valence-corrected chi connectivity index (χ2v) is 4.73. The van der Waals surface area contributed by atoms with Gasteiger partial charge >= 0.3 is 0 Å². The molecule has 0 unspecified atom stereocenters.